The molecule has 0 bridgehead atoms. The summed E-state index contributed by atoms with van der Waals surface area (Å²) < 4.78 is 3.54. The Hall–Kier alpha value is -2.63. The molecule has 0 radical (unpaired) electrons. The Kier molecular flexibility index (Phi) is 4.14. The summed E-state index contributed by atoms with van der Waals surface area (Å²) in [5.74, 6) is -0.0392. The number of aromatic nitrogens is 4. The fourth-order valence-electron chi connectivity index (χ4n) is 2.83. The maximum absolute atomic E-state index is 12.4. The Morgan fingerprint density at radius 3 is 2.91 bits per heavy atom. The van der Waals surface area contributed by atoms with E-state index in [1.54, 1.807) is 10.9 Å². The van der Waals surface area contributed by atoms with Gasteiger partial charge in [-0.1, -0.05) is 18.6 Å². The van der Waals surface area contributed by atoms with Gasteiger partial charge in [0.05, 0.1) is 17.8 Å². The highest BCUT2D eigenvalue weighted by molar-refractivity contribution is 5.84. The van der Waals surface area contributed by atoms with Gasteiger partial charge < -0.3 is 5.32 Å². The normalized spacial score (nSPS) is 12.5. The third-order valence-corrected chi connectivity index (χ3v) is 4.05. The van der Waals surface area contributed by atoms with Crippen LogP contribution in [0.25, 0.3) is 10.9 Å². The molecule has 0 aliphatic heterocycles. The van der Waals surface area contributed by atoms with E-state index in [1.807, 2.05) is 30.9 Å². The molecule has 1 amide bonds. The Balaban J connectivity index is 1.78. The number of fused-ring (bicyclic) bond motifs is 1. The molecule has 0 saturated heterocycles. The van der Waals surface area contributed by atoms with E-state index in [0.29, 0.717) is 13.0 Å². The van der Waals surface area contributed by atoms with Crippen LogP contribution in [0.4, 0.5) is 0 Å². The summed E-state index contributed by atoms with van der Waals surface area (Å²) in [6.07, 6.45) is 4.19. The number of rotatable bonds is 5. The molecule has 23 heavy (non-hydrogen) atoms. The van der Waals surface area contributed by atoms with Crippen molar-refractivity contribution >= 4 is 16.8 Å². The Morgan fingerprint density at radius 2 is 2.22 bits per heavy atom. The summed E-state index contributed by atoms with van der Waals surface area (Å²) >= 11 is 0. The molecule has 1 atom stereocenters. The van der Waals surface area contributed by atoms with Crippen LogP contribution >= 0.6 is 0 Å². The van der Waals surface area contributed by atoms with E-state index in [-0.39, 0.29) is 11.9 Å². The molecule has 0 spiro atoms. The minimum absolute atomic E-state index is 0.0392. The summed E-state index contributed by atoms with van der Waals surface area (Å²) in [4.78, 5) is 12.4. The van der Waals surface area contributed by atoms with Gasteiger partial charge in [-0.25, -0.2) is 0 Å². The standard InChI is InChI=1S/C17H21N5O/c1-4-15(22-9-5-8-19-22)17(23)18-11-14-13-10-12(2)6-7-16(13)21(3)20-14/h5-10,15H,4,11H2,1-3H3,(H,18,23)/t15-/m0/s1. The van der Waals surface area contributed by atoms with Gasteiger partial charge in [-0.05, 0) is 31.5 Å². The Bertz CT molecular complexity index is 819. The Labute approximate surface area is 135 Å². The summed E-state index contributed by atoms with van der Waals surface area (Å²) in [7, 11) is 1.92. The van der Waals surface area contributed by atoms with Crippen LogP contribution in [-0.4, -0.2) is 25.5 Å². The quantitative estimate of drug-likeness (QED) is 0.786. The van der Waals surface area contributed by atoms with Crippen molar-refractivity contribution in [3.05, 3.63) is 47.9 Å². The third-order valence-electron chi connectivity index (χ3n) is 4.05. The fourth-order valence-corrected chi connectivity index (χ4v) is 2.83. The van der Waals surface area contributed by atoms with Crippen LogP contribution in [0.15, 0.2) is 36.7 Å². The number of benzene rings is 1. The molecule has 6 heteroatoms. The predicted octanol–water partition coefficient (Wildman–Crippen LogP) is 2.35. The lowest BCUT2D eigenvalue weighted by atomic mass is 10.1. The molecule has 1 N–H and O–H groups in total. The zero-order valence-electron chi connectivity index (χ0n) is 13.7. The van der Waals surface area contributed by atoms with Gasteiger partial charge in [0.1, 0.15) is 6.04 Å². The molecule has 0 fully saturated rings. The average molecular weight is 311 g/mol. The van der Waals surface area contributed by atoms with Gasteiger partial charge in [-0.2, -0.15) is 10.2 Å². The third kappa shape index (κ3) is 2.97. The zero-order valence-corrected chi connectivity index (χ0v) is 13.7. The van der Waals surface area contributed by atoms with Crippen LogP contribution < -0.4 is 5.32 Å². The molecule has 2 aromatic heterocycles. The van der Waals surface area contributed by atoms with E-state index < -0.39 is 0 Å². The van der Waals surface area contributed by atoms with Crippen molar-refractivity contribution in [2.75, 3.05) is 0 Å². The molecule has 120 valence electrons. The van der Waals surface area contributed by atoms with Crippen molar-refractivity contribution in [2.24, 2.45) is 7.05 Å². The predicted molar refractivity (Wildman–Crippen MR) is 88.9 cm³/mol. The maximum atomic E-state index is 12.4. The Morgan fingerprint density at radius 1 is 1.39 bits per heavy atom. The molecule has 0 aliphatic carbocycles. The first-order valence-electron chi connectivity index (χ1n) is 7.79. The second kappa shape index (κ2) is 6.24. The van der Waals surface area contributed by atoms with Gasteiger partial charge in [0.2, 0.25) is 5.91 Å². The van der Waals surface area contributed by atoms with Gasteiger partial charge >= 0.3 is 0 Å². The topological polar surface area (TPSA) is 64.7 Å². The van der Waals surface area contributed by atoms with Crippen LogP contribution in [0, 0.1) is 6.92 Å². The lowest BCUT2D eigenvalue weighted by Gasteiger charge is -2.15. The minimum atomic E-state index is -0.290. The van der Waals surface area contributed by atoms with Gasteiger partial charge in [0.25, 0.3) is 0 Å². The lowest BCUT2D eigenvalue weighted by Crippen LogP contribution is -2.32. The smallest absolute Gasteiger partial charge is 0.245 e. The fraction of sp³-hybridized carbons (Fsp3) is 0.353. The molecule has 3 aromatic rings. The molecule has 2 heterocycles. The average Bonchev–Trinajstić information content (AvgIpc) is 3.15. The highest BCUT2D eigenvalue weighted by atomic mass is 16.2. The first kappa shape index (κ1) is 15.3. The number of nitrogens with zero attached hydrogens (tertiary/aromatic N) is 4. The first-order chi connectivity index (χ1) is 11.1. The summed E-state index contributed by atoms with van der Waals surface area (Å²) in [5, 5.41) is 12.8. The number of aryl methyl sites for hydroxylation is 2. The van der Waals surface area contributed by atoms with Crippen LogP contribution in [0.5, 0.6) is 0 Å². The van der Waals surface area contributed by atoms with Crippen molar-refractivity contribution in [1.82, 2.24) is 24.9 Å². The number of hydrogen-bond donors (Lipinski definition) is 1. The number of carbonyl (C=O) groups is 1. The van der Waals surface area contributed by atoms with Crippen LogP contribution in [0.3, 0.4) is 0 Å². The van der Waals surface area contributed by atoms with E-state index in [1.165, 1.54) is 5.56 Å². The lowest BCUT2D eigenvalue weighted by molar-refractivity contribution is -0.124. The number of hydrogen-bond acceptors (Lipinski definition) is 3. The highest BCUT2D eigenvalue weighted by Gasteiger charge is 2.19. The van der Waals surface area contributed by atoms with Crippen LogP contribution in [0.1, 0.15) is 30.6 Å². The number of amides is 1. The molecule has 3 rings (SSSR count). The van der Waals surface area contributed by atoms with Crippen molar-refractivity contribution in [2.45, 2.75) is 32.9 Å². The van der Waals surface area contributed by atoms with Gasteiger partial charge in [0.15, 0.2) is 0 Å². The van der Waals surface area contributed by atoms with E-state index in [9.17, 15) is 4.79 Å². The van der Waals surface area contributed by atoms with Crippen molar-refractivity contribution in [3.63, 3.8) is 0 Å². The molecule has 0 saturated carbocycles. The summed E-state index contributed by atoms with van der Waals surface area (Å²) in [5.41, 5.74) is 3.13. The maximum Gasteiger partial charge on any atom is 0.245 e. The number of nitrogens with one attached hydrogen (secondary N) is 1. The minimum Gasteiger partial charge on any atom is -0.348 e. The highest BCUT2D eigenvalue weighted by Crippen LogP contribution is 2.19. The second-order valence-corrected chi connectivity index (χ2v) is 5.72. The molecule has 0 aliphatic rings. The monoisotopic (exact) mass is 311 g/mol. The van der Waals surface area contributed by atoms with Gasteiger partial charge in [0, 0.05) is 24.8 Å². The van der Waals surface area contributed by atoms with Gasteiger partial charge in [-0.3, -0.25) is 14.2 Å². The molecule has 0 unspecified atom stereocenters. The van der Waals surface area contributed by atoms with E-state index in [4.69, 9.17) is 0 Å². The summed E-state index contributed by atoms with van der Waals surface area (Å²) in [6.45, 7) is 4.45. The van der Waals surface area contributed by atoms with Crippen molar-refractivity contribution in [3.8, 4) is 0 Å². The SMILES string of the molecule is CC[C@@H](C(=O)NCc1nn(C)c2ccc(C)cc12)n1cccn1. The summed E-state index contributed by atoms with van der Waals surface area (Å²) in [6, 6.07) is 7.76. The second-order valence-electron chi connectivity index (χ2n) is 5.72. The zero-order chi connectivity index (χ0) is 16.4. The van der Waals surface area contributed by atoms with Crippen molar-refractivity contribution < 1.29 is 4.79 Å². The van der Waals surface area contributed by atoms with E-state index in [0.717, 1.165) is 16.6 Å². The van der Waals surface area contributed by atoms with E-state index in [2.05, 4.69) is 40.6 Å². The largest absolute Gasteiger partial charge is 0.348 e. The van der Waals surface area contributed by atoms with Crippen molar-refractivity contribution in [1.29, 1.82) is 0 Å². The van der Waals surface area contributed by atoms with Crippen LogP contribution in [0.2, 0.25) is 0 Å². The van der Waals surface area contributed by atoms with Gasteiger partial charge in [-0.15, -0.1) is 0 Å². The first-order valence-corrected chi connectivity index (χ1v) is 7.79. The number of carbonyl (C=O) groups excluding carboxylic acids is 1. The molecule has 6 nitrogen and oxygen atoms in total. The van der Waals surface area contributed by atoms with E-state index >= 15 is 0 Å². The molecular formula is C17H21N5O. The molecule has 1 aromatic carbocycles. The van der Waals surface area contributed by atoms with Crippen LogP contribution in [-0.2, 0) is 18.4 Å². The molecular weight excluding hydrogens is 290 g/mol.